The van der Waals surface area contributed by atoms with Crippen LogP contribution in [0.2, 0.25) is 0 Å². The minimum absolute atomic E-state index is 0.0319. The number of anilines is 1. The average molecular weight is 460 g/mol. The molecule has 5 rings (SSSR count). The molecule has 0 amide bonds. The zero-order valence-electron chi connectivity index (χ0n) is 17.1. The number of fused-ring (bicyclic) bond motifs is 2. The van der Waals surface area contributed by atoms with E-state index in [0.717, 1.165) is 4.31 Å². The molecule has 2 aromatic carbocycles. The molecule has 0 bridgehead atoms. The number of ether oxygens (including phenoxy) is 1. The average Bonchev–Trinajstić information content (AvgIpc) is 2.82. The summed E-state index contributed by atoms with van der Waals surface area (Å²) in [6.45, 7) is -0.232. The van der Waals surface area contributed by atoms with E-state index in [4.69, 9.17) is 10.5 Å². The number of benzene rings is 2. The van der Waals surface area contributed by atoms with Crippen molar-refractivity contribution in [1.82, 2.24) is 4.98 Å². The highest BCUT2D eigenvalue weighted by Crippen LogP contribution is 2.51. The van der Waals surface area contributed by atoms with E-state index >= 15 is 0 Å². The molecular formula is C24H17FN4O3S. The van der Waals surface area contributed by atoms with Gasteiger partial charge in [0.15, 0.2) is 5.76 Å². The zero-order valence-corrected chi connectivity index (χ0v) is 18.0. The van der Waals surface area contributed by atoms with Gasteiger partial charge in [-0.3, -0.25) is 9.29 Å². The predicted molar refractivity (Wildman–Crippen MR) is 120 cm³/mol. The third-order valence-electron chi connectivity index (χ3n) is 5.65. The number of rotatable bonds is 3. The Morgan fingerprint density at radius 1 is 1.12 bits per heavy atom. The molecule has 33 heavy (non-hydrogen) atoms. The van der Waals surface area contributed by atoms with Crippen LogP contribution < -0.4 is 10.0 Å². The molecule has 0 aliphatic carbocycles. The van der Waals surface area contributed by atoms with Crippen LogP contribution in [-0.4, -0.2) is 13.4 Å². The van der Waals surface area contributed by atoms with Crippen molar-refractivity contribution in [2.75, 3.05) is 4.31 Å². The Morgan fingerprint density at radius 3 is 2.61 bits per heavy atom. The molecule has 2 aliphatic heterocycles. The van der Waals surface area contributed by atoms with E-state index in [0.29, 0.717) is 16.8 Å². The number of hydrogen-bond acceptors (Lipinski definition) is 6. The molecule has 164 valence electrons. The van der Waals surface area contributed by atoms with E-state index in [-0.39, 0.29) is 34.2 Å². The lowest BCUT2D eigenvalue weighted by Crippen LogP contribution is -2.39. The summed E-state index contributed by atoms with van der Waals surface area (Å²) in [6.07, 6.45) is 3.04. The van der Waals surface area contributed by atoms with Crippen LogP contribution in [0.3, 0.4) is 0 Å². The fraction of sp³-hybridized carbons (Fsp3) is 0.0833. The number of aromatic nitrogens is 1. The number of halogens is 1. The van der Waals surface area contributed by atoms with Gasteiger partial charge in [0, 0.05) is 23.5 Å². The molecule has 0 fully saturated rings. The van der Waals surface area contributed by atoms with Gasteiger partial charge < -0.3 is 10.5 Å². The summed E-state index contributed by atoms with van der Waals surface area (Å²) in [5.74, 6) is -1.65. The molecule has 0 saturated carbocycles. The van der Waals surface area contributed by atoms with E-state index in [1.54, 1.807) is 48.7 Å². The fourth-order valence-corrected chi connectivity index (χ4v) is 6.04. The van der Waals surface area contributed by atoms with Gasteiger partial charge in [-0.25, -0.2) is 12.8 Å². The number of pyridine rings is 1. The summed E-state index contributed by atoms with van der Waals surface area (Å²) in [6, 6.07) is 18.1. The second-order valence-corrected chi connectivity index (χ2v) is 9.36. The van der Waals surface area contributed by atoms with Gasteiger partial charge in [-0.15, -0.1) is 0 Å². The minimum Gasteiger partial charge on any atom is -0.439 e. The molecule has 0 saturated heterocycles. The highest BCUT2D eigenvalue weighted by Gasteiger charge is 2.47. The Morgan fingerprint density at radius 2 is 1.88 bits per heavy atom. The first-order valence-corrected chi connectivity index (χ1v) is 11.4. The maximum absolute atomic E-state index is 14.5. The van der Waals surface area contributed by atoms with E-state index in [9.17, 15) is 18.1 Å². The van der Waals surface area contributed by atoms with Crippen molar-refractivity contribution in [3.8, 4) is 6.07 Å². The van der Waals surface area contributed by atoms with Gasteiger partial charge in [0.2, 0.25) is 5.88 Å². The predicted octanol–water partition coefficient (Wildman–Crippen LogP) is 3.75. The molecule has 9 heteroatoms. The SMILES string of the molecule is N#CC1=C(N)OC2=C([C@@H]1c1cccnc1)S(=O)(=O)N(Cc1ccccc1F)c1ccccc12. The Hall–Kier alpha value is -4.16. The largest absolute Gasteiger partial charge is 0.439 e. The summed E-state index contributed by atoms with van der Waals surface area (Å²) in [5.41, 5.74) is 7.54. The molecule has 2 aliphatic rings. The van der Waals surface area contributed by atoms with E-state index < -0.39 is 21.8 Å². The lowest BCUT2D eigenvalue weighted by Gasteiger charge is -2.38. The fourth-order valence-electron chi connectivity index (χ4n) is 4.14. The first-order valence-electron chi connectivity index (χ1n) is 10.0. The number of hydrogen-bond donors (Lipinski definition) is 1. The first-order chi connectivity index (χ1) is 15.9. The van der Waals surface area contributed by atoms with E-state index in [1.165, 1.54) is 24.4 Å². The molecule has 3 heterocycles. The molecule has 0 spiro atoms. The van der Waals surface area contributed by atoms with Crippen molar-refractivity contribution in [2.24, 2.45) is 5.73 Å². The Kier molecular flexibility index (Phi) is 4.87. The maximum atomic E-state index is 14.5. The summed E-state index contributed by atoms with van der Waals surface area (Å²) < 4.78 is 49.5. The third-order valence-corrected chi connectivity index (χ3v) is 7.53. The molecule has 3 aromatic rings. The van der Waals surface area contributed by atoms with Crippen molar-refractivity contribution >= 4 is 21.5 Å². The second-order valence-electron chi connectivity index (χ2n) is 7.52. The lowest BCUT2D eigenvalue weighted by molar-refractivity contribution is 0.357. The standard InChI is InChI=1S/C24H17FN4O3S/c25-19-9-3-1-6-16(19)14-29-20-10-4-2-8-17(20)22-23(33(29,30)31)21(15-7-5-11-28-13-15)18(12-26)24(27)32-22/h1-11,13,21H,14,27H2/t21-/m1/s1. The van der Waals surface area contributed by atoms with Crippen molar-refractivity contribution in [3.63, 3.8) is 0 Å². The van der Waals surface area contributed by atoms with Crippen LogP contribution in [0.5, 0.6) is 0 Å². The van der Waals surface area contributed by atoms with Crippen LogP contribution in [0.1, 0.15) is 22.6 Å². The maximum Gasteiger partial charge on any atom is 0.265 e. The number of sulfonamides is 1. The molecule has 7 nitrogen and oxygen atoms in total. The Bertz CT molecular complexity index is 1480. The molecule has 2 N–H and O–H groups in total. The molecule has 0 radical (unpaired) electrons. The topological polar surface area (TPSA) is 109 Å². The quantitative estimate of drug-likeness (QED) is 0.638. The van der Waals surface area contributed by atoms with Crippen LogP contribution in [0.4, 0.5) is 10.1 Å². The van der Waals surface area contributed by atoms with Crippen molar-refractivity contribution in [3.05, 3.63) is 112 Å². The third kappa shape index (κ3) is 3.23. The van der Waals surface area contributed by atoms with Gasteiger partial charge in [-0.1, -0.05) is 36.4 Å². The van der Waals surface area contributed by atoms with E-state index in [1.807, 2.05) is 6.07 Å². The molecule has 0 unspecified atom stereocenters. The number of nitrogens with two attached hydrogens (primary N) is 1. The van der Waals surface area contributed by atoms with Gasteiger partial charge >= 0.3 is 0 Å². The van der Waals surface area contributed by atoms with Crippen molar-refractivity contribution in [2.45, 2.75) is 12.5 Å². The van der Waals surface area contributed by atoms with Crippen molar-refractivity contribution < 1.29 is 17.5 Å². The number of allylic oxidation sites excluding steroid dienone is 2. The van der Waals surface area contributed by atoms with Crippen LogP contribution in [-0.2, 0) is 21.3 Å². The van der Waals surface area contributed by atoms with Gasteiger partial charge in [0.25, 0.3) is 10.0 Å². The monoisotopic (exact) mass is 460 g/mol. The highest BCUT2D eigenvalue weighted by atomic mass is 32.2. The van der Waals surface area contributed by atoms with Gasteiger partial charge in [-0.2, -0.15) is 5.26 Å². The highest BCUT2D eigenvalue weighted by molar-refractivity contribution is 7.96. The zero-order chi connectivity index (χ0) is 23.2. The van der Waals surface area contributed by atoms with Crippen LogP contribution >= 0.6 is 0 Å². The summed E-state index contributed by atoms with van der Waals surface area (Å²) in [7, 11) is -4.26. The van der Waals surface area contributed by atoms with Crippen LogP contribution in [0.25, 0.3) is 5.76 Å². The smallest absolute Gasteiger partial charge is 0.265 e. The van der Waals surface area contributed by atoms with Crippen molar-refractivity contribution in [1.29, 1.82) is 5.26 Å². The van der Waals surface area contributed by atoms with Crippen LogP contribution in [0, 0.1) is 17.1 Å². The normalized spacial score (nSPS) is 18.8. The summed E-state index contributed by atoms with van der Waals surface area (Å²) in [4.78, 5) is 3.96. The summed E-state index contributed by atoms with van der Waals surface area (Å²) in [5, 5.41) is 9.82. The Balaban J connectivity index is 1.77. The number of nitriles is 1. The van der Waals surface area contributed by atoms with Crippen LogP contribution in [0.15, 0.2) is 89.4 Å². The summed E-state index contributed by atoms with van der Waals surface area (Å²) >= 11 is 0. The van der Waals surface area contributed by atoms with E-state index in [2.05, 4.69) is 4.98 Å². The van der Waals surface area contributed by atoms with Gasteiger partial charge in [0.1, 0.15) is 22.4 Å². The minimum atomic E-state index is -4.26. The molecule has 1 aromatic heterocycles. The number of para-hydroxylation sites is 1. The second kappa shape index (κ2) is 7.76. The molecular weight excluding hydrogens is 443 g/mol. The molecule has 1 atom stereocenters. The lowest BCUT2D eigenvalue weighted by atomic mass is 9.89. The number of nitrogens with zero attached hydrogens (tertiary/aromatic N) is 3. The van der Waals surface area contributed by atoms with Gasteiger partial charge in [-0.05, 0) is 29.8 Å². The Labute approximate surface area is 189 Å². The van der Waals surface area contributed by atoms with Gasteiger partial charge in [0.05, 0.1) is 18.2 Å². The first kappa shape index (κ1) is 20.7.